The van der Waals surface area contributed by atoms with E-state index in [0.29, 0.717) is 5.92 Å². The quantitative estimate of drug-likeness (QED) is 0.556. The van der Waals surface area contributed by atoms with Crippen molar-refractivity contribution in [2.75, 3.05) is 0 Å². The zero-order chi connectivity index (χ0) is 9.30. The van der Waals surface area contributed by atoms with Crippen LogP contribution in [0.4, 0.5) is 0 Å². The van der Waals surface area contributed by atoms with Gasteiger partial charge in [0.2, 0.25) is 0 Å². The highest BCUT2D eigenvalue weighted by Crippen LogP contribution is 2.45. The molecule has 3 atom stereocenters. The summed E-state index contributed by atoms with van der Waals surface area (Å²) in [5.74, 6) is 2.29. The average molecular weight is 164 g/mol. The molecule has 1 aliphatic carbocycles. The standard InChI is InChI=1S/C12H20/c1-8(2)10(5)12-7-6-11(12)9(3)4/h10-12H,1,3,6-7H2,2,4-5H3. The van der Waals surface area contributed by atoms with Crippen molar-refractivity contribution < 1.29 is 0 Å². The van der Waals surface area contributed by atoms with Crippen molar-refractivity contribution in [3.63, 3.8) is 0 Å². The van der Waals surface area contributed by atoms with E-state index in [0.717, 1.165) is 11.8 Å². The second kappa shape index (κ2) is 3.47. The van der Waals surface area contributed by atoms with Crippen LogP contribution in [0.2, 0.25) is 0 Å². The van der Waals surface area contributed by atoms with Crippen molar-refractivity contribution >= 4 is 0 Å². The van der Waals surface area contributed by atoms with Crippen LogP contribution < -0.4 is 0 Å². The maximum Gasteiger partial charge on any atom is -0.0175 e. The minimum absolute atomic E-state index is 0.681. The molecule has 0 saturated heterocycles. The molecule has 0 aromatic heterocycles. The molecule has 1 saturated carbocycles. The fraction of sp³-hybridized carbons (Fsp3) is 0.667. The second-order valence-electron chi connectivity index (χ2n) is 4.33. The molecule has 0 bridgehead atoms. The van der Waals surface area contributed by atoms with Gasteiger partial charge in [-0.25, -0.2) is 0 Å². The van der Waals surface area contributed by atoms with E-state index in [1.807, 2.05) is 0 Å². The second-order valence-corrected chi connectivity index (χ2v) is 4.33. The van der Waals surface area contributed by atoms with Crippen molar-refractivity contribution in [1.82, 2.24) is 0 Å². The van der Waals surface area contributed by atoms with Crippen LogP contribution in [-0.4, -0.2) is 0 Å². The highest BCUT2D eigenvalue weighted by molar-refractivity contribution is 5.10. The monoisotopic (exact) mass is 164 g/mol. The van der Waals surface area contributed by atoms with E-state index in [1.165, 1.54) is 24.0 Å². The molecule has 0 aromatic carbocycles. The van der Waals surface area contributed by atoms with Crippen molar-refractivity contribution in [1.29, 1.82) is 0 Å². The minimum Gasteiger partial charge on any atom is -0.0999 e. The maximum absolute atomic E-state index is 4.04. The molecule has 12 heavy (non-hydrogen) atoms. The van der Waals surface area contributed by atoms with Crippen LogP contribution in [0.15, 0.2) is 24.3 Å². The van der Waals surface area contributed by atoms with Crippen LogP contribution in [0.5, 0.6) is 0 Å². The van der Waals surface area contributed by atoms with Crippen molar-refractivity contribution in [3.05, 3.63) is 24.3 Å². The van der Waals surface area contributed by atoms with Gasteiger partial charge in [-0.05, 0) is 44.4 Å². The normalized spacial score (nSPS) is 30.6. The summed E-state index contributed by atoms with van der Waals surface area (Å²) < 4.78 is 0. The van der Waals surface area contributed by atoms with Gasteiger partial charge in [-0.2, -0.15) is 0 Å². The Balaban J connectivity index is 2.54. The van der Waals surface area contributed by atoms with E-state index in [9.17, 15) is 0 Å². The Labute approximate surface area is 76.4 Å². The van der Waals surface area contributed by atoms with Crippen molar-refractivity contribution in [2.24, 2.45) is 17.8 Å². The Morgan fingerprint density at radius 3 is 2.08 bits per heavy atom. The van der Waals surface area contributed by atoms with Gasteiger partial charge in [0.15, 0.2) is 0 Å². The van der Waals surface area contributed by atoms with Gasteiger partial charge in [-0.1, -0.05) is 31.2 Å². The first-order valence-corrected chi connectivity index (χ1v) is 4.84. The van der Waals surface area contributed by atoms with E-state index < -0.39 is 0 Å². The largest absolute Gasteiger partial charge is 0.0999 e. The van der Waals surface area contributed by atoms with Crippen LogP contribution >= 0.6 is 0 Å². The third-order valence-corrected chi connectivity index (χ3v) is 3.38. The smallest absolute Gasteiger partial charge is 0.0175 e. The van der Waals surface area contributed by atoms with Crippen molar-refractivity contribution in [3.8, 4) is 0 Å². The summed E-state index contributed by atoms with van der Waals surface area (Å²) >= 11 is 0. The van der Waals surface area contributed by atoms with Gasteiger partial charge in [0.1, 0.15) is 0 Å². The molecule has 1 rings (SSSR count). The summed E-state index contributed by atoms with van der Waals surface area (Å²) in [7, 11) is 0. The van der Waals surface area contributed by atoms with Gasteiger partial charge in [0.05, 0.1) is 0 Å². The van der Waals surface area contributed by atoms with Crippen LogP contribution in [0, 0.1) is 17.8 Å². The zero-order valence-electron chi connectivity index (χ0n) is 8.56. The predicted octanol–water partition coefficient (Wildman–Crippen LogP) is 3.80. The molecule has 3 unspecified atom stereocenters. The first kappa shape index (κ1) is 9.57. The lowest BCUT2D eigenvalue weighted by molar-refractivity contribution is 0.162. The predicted molar refractivity (Wildman–Crippen MR) is 55.0 cm³/mol. The Morgan fingerprint density at radius 1 is 1.25 bits per heavy atom. The van der Waals surface area contributed by atoms with Crippen molar-refractivity contribution in [2.45, 2.75) is 33.6 Å². The van der Waals surface area contributed by atoms with E-state index in [4.69, 9.17) is 0 Å². The first-order chi connectivity index (χ1) is 5.54. The van der Waals surface area contributed by atoms with E-state index in [2.05, 4.69) is 33.9 Å². The molecule has 0 aliphatic heterocycles. The topological polar surface area (TPSA) is 0 Å². The molecule has 0 aromatic rings. The lowest BCUT2D eigenvalue weighted by atomic mass is 9.64. The number of rotatable bonds is 3. The number of hydrogen-bond donors (Lipinski definition) is 0. The van der Waals surface area contributed by atoms with E-state index >= 15 is 0 Å². The molecule has 68 valence electrons. The molecule has 1 fully saturated rings. The van der Waals surface area contributed by atoms with Gasteiger partial charge >= 0.3 is 0 Å². The van der Waals surface area contributed by atoms with Crippen LogP contribution in [0.3, 0.4) is 0 Å². The van der Waals surface area contributed by atoms with Gasteiger partial charge in [-0.15, -0.1) is 0 Å². The average Bonchev–Trinajstić information content (AvgIpc) is 1.82. The Bertz CT molecular complexity index is 184. The molecule has 0 heterocycles. The zero-order valence-corrected chi connectivity index (χ0v) is 8.56. The molecule has 0 spiro atoms. The van der Waals surface area contributed by atoms with Gasteiger partial charge < -0.3 is 0 Å². The third kappa shape index (κ3) is 1.63. The molecule has 0 N–H and O–H groups in total. The Hall–Kier alpha value is -0.520. The summed E-state index contributed by atoms with van der Waals surface area (Å²) in [4.78, 5) is 0. The molecule has 0 heteroatoms. The fourth-order valence-electron chi connectivity index (χ4n) is 2.10. The van der Waals surface area contributed by atoms with E-state index in [1.54, 1.807) is 0 Å². The molecule has 1 aliphatic rings. The SMILES string of the molecule is C=C(C)C(C)C1CCC1C(=C)C. The first-order valence-electron chi connectivity index (χ1n) is 4.84. The lowest BCUT2D eigenvalue weighted by Gasteiger charge is -2.41. The summed E-state index contributed by atoms with van der Waals surface area (Å²) in [6, 6.07) is 0. The van der Waals surface area contributed by atoms with Crippen LogP contribution in [0.25, 0.3) is 0 Å². The molecule has 0 nitrogen and oxygen atoms in total. The molecular weight excluding hydrogens is 144 g/mol. The molecule has 0 radical (unpaired) electrons. The van der Waals surface area contributed by atoms with Gasteiger partial charge in [0, 0.05) is 0 Å². The third-order valence-electron chi connectivity index (χ3n) is 3.38. The fourth-order valence-corrected chi connectivity index (χ4v) is 2.10. The lowest BCUT2D eigenvalue weighted by Crippen LogP contribution is -2.32. The summed E-state index contributed by atoms with van der Waals surface area (Å²) in [5, 5.41) is 0. The minimum atomic E-state index is 0.681. The molecule has 0 amide bonds. The summed E-state index contributed by atoms with van der Waals surface area (Å²) in [6.07, 6.45) is 2.71. The van der Waals surface area contributed by atoms with Gasteiger partial charge in [-0.3, -0.25) is 0 Å². The van der Waals surface area contributed by atoms with E-state index in [-0.39, 0.29) is 0 Å². The Morgan fingerprint density at radius 2 is 1.83 bits per heavy atom. The summed E-state index contributed by atoms with van der Waals surface area (Å²) in [5.41, 5.74) is 2.69. The summed E-state index contributed by atoms with van der Waals surface area (Å²) in [6.45, 7) is 14.6. The van der Waals surface area contributed by atoms with Crippen LogP contribution in [0.1, 0.15) is 33.6 Å². The maximum atomic E-state index is 4.04. The number of hydrogen-bond acceptors (Lipinski definition) is 0. The highest BCUT2D eigenvalue weighted by Gasteiger charge is 2.35. The number of allylic oxidation sites excluding steroid dienone is 2. The van der Waals surface area contributed by atoms with Crippen LogP contribution in [-0.2, 0) is 0 Å². The highest BCUT2D eigenvalue weighted by atomic mass is 14.4. The molecular formula is C12H20. The Kier molecular flexibility index (Phi) is 2.76. The van der Waals surface area contributed by atoms with Gasteiger partial charge in [0.25, 0.3) is 0 Å².